The number of aromatic nitrogens is 1. The minimum Gasteiger partial charge on any atom is -0.507 e. The van der Waals surface area contributed by atoms with Crippen LogP contribution in [-0.2, 0) is 11.3 Å². The number of pyridine rings is 1. The second-order valence-electron chi connectivity index (χ2n) is 5.39. The summed E-state index contributed by atoms with van der Waals surface area (Å²) in [5.41, 5.74) is 0.685. The van der Waals surface area contributed by atoms with Crippen molar-refractivity contribution in [3.05, 3.63) is 63.1 Å². The second kappa shape index (κ2) is 6.99. The highest BCUT2D eigenvalue weighted by Crippen LogP contribution is 2.22. The SMILES string of the molecule is Cc1c(O)c(C(=O)NCC(=O)O)c(=O)n(Cc2ccccc2)c1C. The first kappa shape index (κ1) is 17.3. The van der Waals surface area contributed by atoms with Crippen LogP contribution >= 0.6 is 0 Å². The van der Waals surface area contributed by atoms with Crippen molar-refractivity contribution >= 4 is 11.9 Å². The zero-order valence-corrected chi connectivity index (χ0v) is 13.4. The molecule has 0 saturated carbocycles. The first-order valence-corrected chi connectivity index (χ1v) is 7.29. The third-order valence-electron chi connectivity index (χ3n) is 3.81. The van der Waals surface area contributed by atoms with Gasteiger partial charge in [-0.15, -0.1) is 0 Å². The maximum Gasteiger partial charge on any atom is 0.322 e. The highest BCUT2D eigenvalue weighted by atomic mass is 16.4. The molecule has 7 heteroatoms. The average molecular weight is 330 g/mol. The van der Waals surface area contributed by atoms with Gasteiger partial charge in [0.25, 0.3) is 11.5 Å². The number of rotatable bonds is 5. The third kappa shape index (κ3) is 3.45. The number of amides is 1. The molecule has 0 saturated heterocycles. The molecule has 0 unspecified atom stereocenters. The van der Waals surface area contributed by atoms with E-state index in [-0.39, 0.29) is 6.54 Å². The molecule has 2 rings (SSSR count). The lowest BCUT2D eigenvalue weighted by molar-refractivity contribution is -0.135. The fraction of sp³-hybridized carbons (Fsp3) is 0.235. The molecule has 24 heavy (non-hydrogen) atoms. The summed E-state index contributed by atoms with van der Waals surface area (Å²) < 4.78 is 1.39. The lowest BCUT2D eigenvalue weighted by Gasteiger charge is -2.16. The molecule has 2 aromatic rings. The van der Waals surface area contributed by atoms with Crippen molar-refractivity contribution in [3.8, 4) is 5.75 Å². The molecule has 1 aromatic heterocycles. The predicted molar refractivity (Wildman–Crippen MR) is 87.4 cm³/mol. The Labute approximate surface area is 138 Å². The predicted octanol–water partition coefficient (Wildman–Crippen LogP) is 1.03. The van der Waals surface area contributed by atoms with Crippen molar-refractivity contribution in [2.24, 2.45) is 0 Å². The van der Waals surface area contributed by atoms with Crippen LogP contribution in [0.15, 0.2) is 35.1 Å². The zero-order valence-electron chi connectivity index (χ0n) is 13.4. The lowest BCUT2D eigenvalue weighted by atomic mass is 10.1. The van der Waals surface area contributed by atoms with Crippen LogP contribution in [0.25, 0.3) is 0 Å². The van der Waals surface area contributed by atoms with Gasteiger partial charge in [-0.1, -0.05) is 30.3 Å². The van der Waals surface area contributed by atoms with E-state index in [2.05, 4.69) is 5.32 Å². The highest BCUT2D eigenvalue weighted by Gasteiger charge is 2.22. The number of aliphatic carboxylic acids is 1. The Hall–Kier alpha value is -3.09. The van der Waals surface area contributed by atoms with E-state index in [1.165, 1.54) is 4.57 Å². The van der Waals surface area contributed by atoms with Crippen LogP contribution in [0.2, 0.25) is 0 Å². The number of hydrogen-bond acceptors (Lipinski definition) is 4. The number of benzene rings is 1. The number of nitrogens with one attached hydrogen (secondary N) is 1. The molecule has 0 radical (unpaired) electrons. The summed E-state index contributed by atoms with van der Waals surface area (Å²) in [5, 5.41) is 20.9. The molecular weight excluding hydrogens is 312 g/mol. The summed E-state index contributed by atoms with van der Waals surface area (Å²) in [6, 6.07) is 9.22. The number of carbonyl (C=O) groups is 2. The van der Waals surface area contributed by atoms with Gasteiger partial charge in [-0.3, -0.25) is 14.4 Å². The van der Waals surface area contributed by atoms with Crippen molar-refractivity contribution in [3.63, 3.8) is 0 Å². The van der Waals surface area contributed by atoms with Crippen LogP contribution in [0.5, 0.6) is 5.75 Å². The molecule has 0 atom stereocenters. The molecule has 0 fully saturated rings. The number of carbonyl (C=O) groups excluding carboxylic acids is 1. The fourth-order valence-electron chi connectivity index (χ4n) is 2.36. The van der Waals surface area contributed by atoms with E-state index in [9.17, 15) is 19.5 Å². The van der Waals surface area contributed by atoms with Gasteiger partial charge in [0.1, 0.15) is 17.9 Å². The van der Waals surface area contributed by atoms with Crippen molar-refractivity contribution < 1.29 is 19.8 Å². The van der Waals surface area contributed by atoms with Gasteiger partial charge in [-0.2, -0.15) is 0 Å². The van der Waals surface area contributed by atoms with E-state index in [0.717, 1.165) is 5.56 Å². The maximum absolute atomic E-state index is 12.6. The van der Waals surface area contributed by atoms with Gasteiger partial charge < -0.3 is 20.1 Å². The van der Waals surface area contributed by atoms with Gasteiger partial charge in [0.05, 0.1) is 6.54 Å². The molecule has 0 aliphatic heterocycles. The van der Waals surface area contributed by atoms with E-state index in [0.29, 0.717) is 11.3 Å². The van der Waals surface area contributed by atoms with Gasteiger partial charge in [0.15, 0.2) is 0 Å². The Kier molecular flexibility index (Phi) is 5.03. The number of aromatic hydroxyl groups is 1. The summed E-state index contributed by atoms with van der Waals surface area (Å²) in [7, 11) is 0. The minimum atomic E-state index is -1.24. The Morgan fingerprint density at radius 1 is 1.17 bits per heavy atom. The minimum absolute atomic E-state index is 0.242. The van der Waals surface area contributed by atoms with Gasteiger partial charge in [-0.25, -0.2) is 0 Å². The Bertz CT molecular complexity index is 840. The topological polar surface area (TPSA) is 109 Å². The van der Waals surface area contributed by atoms with Gasteiger partial charge in [-0.05, 0) is 19.4 Å². The Balaban J connectivity index is 2.51. The summed E-state index contributed by atoms with van der Waals surface area (Å²) >= 11 is 0. The number of hydrogen-bond donors (Lipinski definition) is 3. The van der Waals surface area contributed by atoms with Crippen molar-refractivity contribution in [1.29, 1.82) is 0 Å². The molecule has 1 amide bonds. The van der Waals surface area contributed by atoms with Crippen LogP contribution in [0.4, 0.5) is 0 Å². The summed E-state index contributed by atoms with van der Waals surface area (Å²) in [4.78, 5) is 35.3. The largest absolute Gasteiger partial charge is 0.507 e. The molecule has 1 heterocycles. The Morgan fingerprint density at radius 2 is 1.79 bits per heavy atom. The van der Waals surface area contributed by atoms with E-state index in [1.54, 1.807) is 13.8 Å². The van der Waals surface area contributed by atoms with Crippen molar-refractivity contribution in [2.75, 3.05) is 6.54 Å². The molecule has 126 valence electrons. The Morgan fingerprint density at radius 3 is 2.38 bits per heavy atom. The summed E-state index contributed by atoms with van der Waals surface area (Å²) in [6.45, 7) is 2.88. The van der Waals surface area contributed by atoms with Crippen LogP contribution in [0.3, 0.4) is 0 Å². The molecular formula is C17H18N2O5. The molecule has 0 aliphatic rings. The molecule has 0 bridgehead atoms. The van der Waals surface area contributed by atoms with E-state index in [4.69, 9.17) is 5.11 Å². The van der Waals surface area contributed by atoms with Gasteiger partial charge >= 0.3 is 5.97 Å². The lowest BCUT2D eigenvalue weighted by Crippen LogP contribution is -2.37. The van der Waals surface area contributed by atoms with Gasteiger partial charge in [0, 0.05) is 11.3 Å². The summed E-state index contributed by atoms with van der Waals surface area (Å²) in [6.07, 6.45) is 0. The smallest absolute Gasteiger partial charge is 0.322 e. The monoisotopic (exact) mass is 330 g/mol. The normalized spacial score (nSPS) is 10.4. The third-order valence-corrected chi connectivity index (χ3v) is 3.81. The quantitative estimate of drug-likeness (QED) is 0.759. The number of carboxylic acid groups (broad SMARTS) is 1. The molecule has 7 nitrogen and oxygen atoms in total. The molecule has 1 aromatic carbocycles. The first-order chi connectivity index (χ1) is 11.3. The molecule has 0 spiro atoms. The maximum atomic E-state index is 12.6. The van der Waals surface area contributed by atoms with Crippen LogP contribution in [0, 0.1) is 13.8 Å². The fourth-order valence-corrected chi connectivity index (χ4v) is 2.36. The van der Waals surface area contributed by atoms with Gasteiger partial charge in [0.2, 0.25) is 0 Å². The van der Waals surface area contributed by atoms with E-state index < -0.39 is 35.3 Å². The first-order valence-electron chi connectivity index (χ1n) is 7.29. The van der Waals surface area contributed by atoms with Crippen LogP contribution in [-0.4, -0.2) is 33.2 Å². The molecule has 0 aliphatic carbocycles. The van der Waals surface area contributed by atoms with Crippen LogP contribution in [0.1, 0.15) is 27.2 Å². The van der Waals surface area contributed by atoms with Crippen LogP contribution < -0.4 is 10.9 Å². The molecule has 3 N–H and O–H groups in total. The van der Waals surface area contributed by atoms with E-state index >= 15 is 0 Å². The summed E-state index contributed by atoms with van der Waals surface area (Å²) in [5.74, 6) is -2.58. The number of nitrogens with zero attached hydrogens (tertiary/aromatic N) is 1. The number of carboxylic acids is 1. The standard InChI is InChI=1S/C17H18N2O5/c1-10-11(2)19(9-12-6-4-3-5-7-12)17(24)14(15(10)22)16(23)18-8-13(20)21/h3-7,22H,8-9H2,1-2H3,(H,18,23)(H,20,21). The zero-order chi connectivity index (χ0) is 17.9. The van der Waals surface area contributed by atoms with E-state index in [1.807, 2.05) is 30.3 Å². The highest BCUT2D eigenvalue weighted by molar-refractivity contribution is 5.98. The second-order valence-corrected chi connectivity index (χ2v) is 5.39. The van der Waals surface area contributed by atoms with Crippen molar-refractivity contribution in [1.82, 2.24) is 9.88 Å². The van der Waals surface area contributed by atoms with Crippen molar-refractivity contribution in [2.45, 2.75) is 20.4 Å². The average Bonchev–Trinajstić information content (AvgIpc) is 2.56.